The van der Waals surface area contributed by atoms with E-state index in [-0.39, 0.29) is 32.0 Å². The van der Waals surface area contributed by atoms with Crippen LogP contribution in [-0.2, 0) is 35.6 Å². The van der Waals surface area contributed by atoms with Crippen LogP contribution < -0.4 is 25.6 Å². The van der Waals surface area contributed by atoms with E-state index in [1.165, 1.54) is 21.9 Å². The maximum atomic E-state index is 14.5. The quantitative estimate of drug-likeness (QED) is 0.250. The lowest BCUT2D eigenvalue weighted by Gasteiger charge is -2.30. The fourth-order valence-electron chi connectivity index (χ4n) is 8.09. The Morgan fingerprint density at radius 1 is 1.02 bits per heavy atom. The van der Waals surface area contributed by atoms with E-state index in [1.54, 1.807) is 6.07 Å². The molecule has 4 N–H and O–H groups in total. The molecule has 13 nitrogen and oxygen atoms in total. The van der Waals surface area contributed by atoms with Gasteiger partial charge in [0.15, 0.2) is 5.11 Å². The van der Waals surface area contributed by atoms with E-state index in [1.807, 2.05) is 12.2 Å². The molecule has 0 spiro atoms. The minimum atomic E-state index is -3.89. The second-order valence-electron chi connectivity index (χ2n) is 15.1. The van der Waals surface area contributed by atoms with Crippen LogP contribution in [0.3, 0.4) is 0 Å². The molecule has 7 rings (SSSR count). The van der Waals surface area contributed by atoms with Crippen molar-refractivity contribution in [3.8, 4) is 0 Å². The number of fused-ring (bicyclic) bond motifs is 3. The van der Waals surface area contributed by atoms with E-state index < -0.39 is 74.5 Å². The molecule has 282 valence electrons. The van der Waals surface area contributed by atoms with Gasteiger partial charge in [0.25, 0.3) is 5.91 Å². The topological polar surface area (TPSA) is 166 Å². The van der Waals surface area contributed by atoms with Crippen molar-refractivity contribution in [2.45, 2.75) is 125 Å². The molecular formula is C36H47FN6O7S2. The van der Waals surface area contributed by atoms with E-state index >= 15 is 0 Å². The Bertz CT molecular complexity index is 1750. The van der Waals surface area contributed by atoms with Crippen molar-refractivity contribution < 1.29 is 36.7 Å². The van der Waals surface area contributed by atoms with Gasteiger partial charge in [0.1, 0.15) is 29.5 Å². The molecule has 0 bridgehead atoms. The molecule has 52 heavy (non-hydrogen) atoms. The van der Waals surface area contributed by atoms with E-state index in [0.29, 0.717) is 48.5 Å². The highest BCUT2D eigenvalue weighted by atomic mass is 32.2. The summed E-state index contributed by atoms with van der Waals surface area (Å²) >= 11 is 5.65. The number of amides is 4. The summed E-state index contributed by atoms with van der Waals surface area (Å²) in [6, 6.07) is 2.84. The number of hydrogen-bond donors (Lipinski definition) is 4. The van der Waals surface area contributed by atoms with Gasteiger partial charge in [-0.2, -0.15) is 0 Å². The largest absolute Gasteiger partial charge is 0.444 e. The summed E-state index contributed by atoms with van der Waals surface area (Å²) in [6.45, 7) is 0.133. The van der Waals surface area contributed by atoms with Gasteiger partial charge in [-0.1, -0.05) is 43.9 Å². The van der Waals surface area contributed by atoms with E-state index in [2.05, 4.69) is 20.7 Å². The van der Waals surface area contributed by atoms with Crippen LogP contribution in [0.15, 0.2) is 30.4 Å². The number of anilines is 1. The monoisotopic (exact) mass is 758 g/mol. The summed E-state index contributed by atoms with van der Waals surface area (Å²) < 4.78 is 48.1. The minimum absolute atomic E-state index is 0.0524. The first-order valence-corrected chi connectivity index (χ1v) is 20.6. The van der Waals surface area contributed by atoms with Crippen LogP contribution in [0.2, 0.25) is 0 Å². The minimum Gasteiger partial charge on any atom is -0.444 e. The standard InChI is InChI=1S/C36H47FN6O7S2/c37-27-12-8-14-29-26(27)17-18-42(29)35(47)50-24-19-30-31(44)40-36(33(46)41-52(48,49)25-15-16-25)20-22(36)9-4-2-1-3-5-13-28(32(45)43(30)21-24)39-34(51)38-23-10-6-7-11-23/h4,8-9,12,14,22-25,28,30H,1-3,5-7,10-11,13,15-21H2,(H,40,44)(H,41,46)(H2,38,39,51)/b9-4-/t22-,24+,28-,30-,36+/m0/s1. The van der Waals surface area contributed by atoms with Crippen molar-refractivity contribution in [1.82, 2.24) is 25.6 Å². The fraction of sp³-hybridized carbons (Fsp3) is 0.639. The second kappa shape index (κ2) is 14.9. The Labute approximate surface area is 308 Å². The molecule has 0 unspecified atom stereocenters. The third-order valence-electron chi connectivity index (χ3n) is 11.3. The van der Waals surface area contributed by atoms with Crippen molar-refractivity contribution in [2.75, 3.05) is 18.0 Å². The highest BCUT2D eigenvalue weighted by Crippen LogP contribution is 2.46. The molecule has 3 aliphatic heterocycles. The van der Waals surface area contributed by atoms with Crippen LogP contribution in [0.25, 0.3) is 0 Å². The van der Waals surface area contributed by atoms with Crippen molar-refractivity contribution in [3.63, 3.8) is 0 Å². The summed E-state index contributed by atoms with van der Waals surface area (Å²) in [5.74, 6) is -2.67. The highest BCUT2D eigenvalue weighted by molar-refractivity contribution is 7.91. The number of carbonyl (C=O) groups excluding carboxylic acids is 4. The van der Waals surface area contributed by atoms with Gasteiger partial charge >= 0.3 is 6.09 Å². The number of hydrogen-bond acceptors (Lipinski definition) is 8. The zero-order valence-electron chi connectivity index (χ0n) is 29.1. The Morgan fingerprint density at radius 2 is 1.79 bits per heavy atom. The molecule has 3 heterocycles. The molecule has 1 aromatic carbocycles. The zero-order chi connectivity index (χ0) is 36.6. The molecular weight excluding hydrogens is 712 g/mol. The van der Waals surface area contributed by atoms with Crippen LogP contribution in [0.1, 0.15) is 89.0 Å². The molecule has 1 saturated heterocycles. The third kappa shape index (κ3) is 7.78. The van der Waals surface area contributed by atoms with Gasteiger partial charge in [-0.25, -0.2) is 17.6 Å². The van der Waals surface area contributed by atoms with E-state index in [9.17, 15) is 32.0 Å². The molecule has 16 heteroatoms. The number of sulfonamides is 1. The van der Waals surface area contributed by atoms with E-state index in [0.717, 1.165) is 44.9 Å². The first-order valence-electron chi connectivity index (χ1n) is 18.6. The Balaban J connectivity index is 1.14. The average molecular weight is 759 g/mol. The maximum absolute atomic E-state index is 14.5. The number of halogens is 1. The lowest BCUT2D eigenvalue weighted by molar-refractivity contribution is -0.141. The molecule has 5 atom stereocenters. The third-order valence-corrected chi connectivity index (χ3v) is 13.4. The molecule has 4 fully saturated rings. The SMILES string of the molecule is O=C1N[C@]2(C(=O)NS(=O)(=O)C3CC3)C[C@@H]2/C=C\CCCCC[C@H](NC(=S)NC2CCCC2)C(=O)N2C[C@H](OC(=O)N3CCc4c(F)cccc43)C[C@@H]12. The number of nitrogens with zero attached hydrogens (tertiary/aromatic N) is 2. The average Bonchev–Trinajstić information content (AvgIpc) is 3.89. The van der Waals surface area contributed by atoms with Crippen molar-refractivity contribution in [3.05, 3.63) is 41.7 Å². The number of nitrogens with one attached hydrogen (secondary N) is 4. The molecule has 3 aliphatic carbocycles. The van der Waals surface area contributed by atoms with Gasteiger partial charge in [0.2, 0.25) is 21.8 Å². The molecule has 0 aromatic heterocycles. The Hall–Kier alpha value is -3.79. The predicted octanol–water partition coefficient (Wildman–Crippen LogP) is 3.07. The normalized spacial score (nSPS) is 30.2. The number of rotatable bonds is 6. The lowest BCUT2D eigenvalue weighted by Crippen LogP contribution is -2.59. The number of allylic oxidation sites excluding steroid dienone is 1. The van der Waals surface area contributed by atoms with Crippen LogP contribution in [0.5, 0.6) is 0 Å². The van der Waals surface area contributed by atoms with Gasteiger partial charge in [0.05, 0.1) is 17.5 Å². The van der Waals surface area contributed by atoms with Crippen LogP contribution >= 0.6 is 12.2 Å². The number of benzene rings is 1. The zero-order valence-corrected chi connectivity index (χ0v) is 30.7. The van der Waals surface area contributed by atoms with Crippen LogP contribution in [0.4, 0.5) is 14.9 Å². The van der Waals surface area contributed by atoms with E-state index in [4.69, 9.17) is 17.0 Å². The smallest absolute Gasteiger partial charge is 0.414 e. The Kier molecular flexibility index (Phi) is 10.5. The summed E-state index contributed by atoms with van der Waals surface area (Å²) in [6.07, 6.45) is 11.4. The fourth-order valence-corrected chi connectivity index (χ4v) is 9.76. The first kappa shape index (κ1) is 36.6. The number of thiocarbonyl (C=S) groups is 1. The summed E-state index contributed by atoms with van der Waals surface area (Å²) in [5.41, 5.74) is -0.668. The van der Waals surface area contributed by atoms with Crippen molar-refractivity contribution in [1.29, 1.82) is 0 Å². The summed E-state index contributed by atoms with van der Waals surface area (Å²) in [7, 11) is -3.89. The van der Waals surface area contributed by atoms with Crippen LogP contribution in [0, 0.1) is 11.7 Å². The number of ether oxygens (including phenoxy) is 1. The predicted molar refractivity (Wildman–Crippen MR) is 194 cm³/mol. The molecule has 6 aliphatic rings. The highest BCUT2D eigenvalue weighted by Gasteiger charge is 2.62. The van der Waals surface area contributed by atoms with Gasteiger partial charge in [-0.15, -0.1) is 0 Å². The van der Waals surface area contributed by atoms with Gasteiger partial charge in [-0.3, -0.25) is 24.0 Å². The second-order valence-corrected chi connectivity index (χ2v) is 17.4. The lowest BCUT2D eigenvalue weighted by atomic mass is 10.0. The van der Waals surface area contributed by atoms with Crippen molar-refractivity contribution >= 4 is 56.9 Å². The van der Waals surface area contributed by atoms with Gasteiger partial charge in [0, 0.05) is 30.5 Å². The molecule has 4 amide bonds. The Morgan fingerprint density at radius 3 is 2.56 bits per heavy atom. The maximum Gasteiger partial charge on any atom is 0.414 e. The molecule has 1 aromatic rings. The van der Waals surface area contributed by atoms with Crippen LogP contribution in [-0.4, -0.2) is 90.4 Å². The number of carbonyl (C=O) groups is 4. The summed E-state index contributed by atoms with van der Waals surface area (Å²) in [5, 5.41) is 9.13. The van der Waals surface area contributed by atoms with Crippen molar-refractivity contribution in [2.24, 2.45) is 5.92 Å². The van der Waals surface area contributed by atoms with Gasteiger partial charge < -0.3 is 25.6 Å². The summed E-state index contributed by atoms with van der Waals surface area (Å²) in [4.78, 5) is 58.6. The first-order chi connectivity index (χ1) is 24.9. The molecule has 3 saturated carbocycles. The van der Waals surface area contributed by atoms with Gasteiger partial charge in [-0.05, 0) is 82.1 Å². The molecule has 0 radical (unpaired) electrons.